The Balaban J connectivity index is 1.75. The molecule has 1 aliphatic rings. The van der Waals surface area contributed by atoms with Crippen molar-refractivity contribution in [1.29, 1.82) is 0 Å². The van der Waals surface area contributed by atoms with Crippen LogP contribution in [0.15, 0.2) is 48.5 Å². The fourth-order valence-corrected chi connectivity index (χ4v) is 3.39. The van der Waals surface area contributed by atoms with Gasteiger partial charge in [-0.1, -0.05) is 30.3 Å². The number of carboxylic acid groups (broad SMARTS) is 1. The van der Waals surface area contributed by atoms with Gasteiger partial charge in [0, 0.05) is 25.1 Å². The molecule has 1 aliphatic heterocycles. The summed E-state index contributed by atoms with van der Waals surface area (Å²) in [7, 11) is 3.07. The summed E-state index contributed by atoms with van der Waals surface area (Å²) in [5.41, 5.74) is 1.63. The SMILES string of the molecule is COc1cc(OC)cc(C2CN(C(=O)OCc3ccccc3)CC2C(=O)O)c1. The van der Waals surface area contributed by atoms with Crippen molar-refractivity contribution in [3.8, 4) is 11.5 Å². The van der Waals surface area contributed by atoms with Gasteiger partial charge in [-0.3, -0.25) is 4.79 Å². The monoisotopic (exact) mass is 385 g/mol. The van der Waals surface area contributed by atoms with Crippen LogP contribution in [0, 0.1) is 5.92 Å². The molecule has 0 aliphatic carbocycles. The highest BCUT2D eigenvalue weighted by Gasteiger charge is 2.41. The first kappa shape index (κ1) is 19.5. The lowest BCUT2D eigenvalue weighted by atomic mass is 9.89. The lowest BCUT2D eigenvalue weighted by Crippen LogP contribution is -2.30. The zero-order chi connectivity index (χ0) is 20.1. The number of benzene rings is 2. The van der Waals surface area contributed by atoms with Crippen LogP contribution in [-0.4, -0.2) is 49.4 Å². The zero-order valence-corrected chi connectivity index (χ0v) is 15.8. The summed E-state index contributed by atoms with van der Waals surface area (Å²) in [5.74, 6) is -0.927. The van der Waals surface area contributed by atoms with E-state index in [4.69, 9.17) is 14.2 Å². The first-order valence-electron chi connectivity index (χ1n) is 8.93. The molecule has 0 bridgehead atoms. The number of nitrogens with zero attached hydrogens (tertiary/aromatic N) is 1. The minimum atomic E-state index is -0.954. The molecule has 28 heavy (non-hydrogen) atoms. The molecular weight excluding hydrogens is 362 g/mol. The maximum absolute atomic E-state index is 12.5. The van der Waals surface area contributed by atoms with Crippen LogP contribution >= 0.6 is 0 Å². The van der Waals surface area contributed by atoms with Crippen LogP contribution in [-0.2, 0) is 16.1 Å². The van der Waals surface area contributed by atoms with Gasteiger partial charge in [-0.25, -0.2) is 4.79 Å². The average Bonchev–Trinajstić information content (AvgIpc) is 3.18. The van der Waals surface area contributed by atoms with Gasteiger partial charge >= 0.3 is 12.1 Å². The number of carbonyl (C=O) groups excluding carboxylic acids is 1. The van der Waals surface area contributed by atoms with Gasteiger partial charge in [0.15, 0.2) is 0 Å². The van der Waals surface area contributed by atoms with Crippen LogP contribution in [0.2, 0.25) is 0 Å². The summed E-state index contributed by atoms with van der Waals surface area (Å²) in [4.78, 5) is 25.7. The second-order valence-electron chi connectivity index (χ2n) is 6.64. The normalized spacial score (nSPS) is 18.6. The van der Waals surface area contributed by atoms with E-state index in [9.17, 15) is 14.7 Å². The van der Waals surface area contributed by atoms with E-state index in [1.54, 1.807) is 18.2 Å². The molecule has 1 fully saturated rings. The van der Waals surface area contributed by atoms with Crippen LogP contribution in [0.4, 0.5) is 4.79 Å². The summed E-state index contributed by atoms with van der Waals surface area (Å²) < 4.78 is 15.9. The minimum absolute atomic E-state index is 0.0904. The third kappa shape index (κ3) is 4.36. The summed E-state index contributed by atoms with van der Waals surface area (Å²) >= 11 is 0. The molecule has 2 atom stereocenters. The number of amides is 1. The molecule has 0 saturated carbocycles. The molecule has 2 aromatic rings. The number of likely N-dealkylation sites (tertiary alicyclic amines) is 1. The van der Waals surface area contributed by atoms with Gasteiger partial charge in [-0.05, 0) is 23.3 Å². The zero-order valence-electron chi connectivity index (χ0n) is 15.8. The molecular formula is C21H23NO6. The van der Waals surface area contributed by atoms with Crippen LogP contribution in [0.25, 0.3) is 0 Å². The molecule has 7 nitrogen and oxygen atoms in total. The van der Waals surface area contributed by atoms with Gasteiger partial charge in [0.1, 0.15) is 18.1 Å². The first-order chi connectivity index (χ1) is 13.5. The van der Waals surface area contributed by atoms with Gasteiger partial charge in [-0.2, -0.15) is 0 Å². The molecule has 1 amide bonds. The fourth-order valence-electron chi connectivity index (χ4n) is 3.39. The van der Waals surface area contributed by atoms with Crippen LogP contribution < -0.4 is 9.47 Å². The standard InChI is InChI=1S/C21H23NO6/c1-26-16-8-15(9-17(10-16)27-2)18-11-22(12-19(18)20(23)24)21(25)28-13-14-6-4-3-5-7-14/h3-10,18-19H,11-13H2,1-2H3,(H,23,24). The van der Waals surface area contributed by atoms with E-state index >= 15 is 0 Å². The first-order valence-corrected chi connectivity index (χ1v) is 8.93. The number of carbonyl (C=O) groups is 2. The summed E-state index contributed by atoms with van der Waals surface area (Å²) in [6.07, 6.45) is -0.521. The van der Waals surface area contributed by atoms with E-state index in [1.807, 2.05) is 30.3 Å². The van der Waals surface area contributed by atoms with Crippen molar-refractivity contribution in [3.05, 3.63) is 59.7 Å². The molecule has 2 aromatic carbocycles. The lowest BCUT2D eigenvalue weighted by molar-refractivity contribution is -0.141. The van der Waals surface area contributed by atoms with Crippen molar-refractivity contribution >= 4 is 12.1 Å². The Morgan fingerprint density at radius 1 is 1.04 bits per heavy atom. The smallest absolute Gasteiger partial charge is 0.410 e. The molecule has 148 valence electrons. The quantitative estimate of drug-likeness (QED) is 0.822. The van der Waals surface area contributed by atoms with Crippen molar-refractivity contribution in [2.45, 2.75) is 12.5 Å². The van der Waals surface area contributed by atoms with Crippen molar-refractivity contribution in [1.82, 2.24) is 4.90 Å². The number of rotatable bonds is 6. The Bertz CT molecular complexity index is 816. The van der Waals surface area contributed by atoms with Gasteiger partial charge in [0.25, 0.3) is 0 Å². The predicted molar refractivity (Wildman–Crippen MR) is 102 cm³/mol. The van der Waals surface area contributed by atoms with Gasteiger partial charge in [-0.15, -0.1) is 0 Å². The number of methoxy groups -OCH3 is 2. The third-order valence-corrected chi connectivity index (χ3v) is 4.90. The molecule has 7 heteroatoms. The predicted octanol–water partition coefficient (Wildman–Crippen LogP) is 3.14. The van der Waals surface area contributed by atoms with Crippen molar-refractivity contribution in [3.63, 3.8) is 0 Å². The topological polar surface area (TPSA) is 85.3 Å². The second kappa shape index (κ2) is 8.65. The molecule has 0 aromatic heterocycles. The van der Waals surface area contributed by atoms with Crippen LogP contribution in [0.1, 0.15) is 17.0 Å². The number of hydrogen-bond donors (Lipinski definition) is 1. The second-order valence-corrected chi connectivity index (χ2v) is 6.64. The van der Waals surface area contributed by atoms with E-state index in [0.717, 1.165) is 11.1 Å². The van der Waals surface area contributed by atoms with Gasteiger partial charge < -0.3 is 24.2 Å². The Labute approximate surface area is 163 Å². The summed E-state index contributed by atoms with van der Waals surface area (Å²) in [6, 6.07) is 14.6. The molecule has 3 rings (SSSR count). The molecule has 0 spiro atoms. The molecule has 1 heterocycles. The number of hydrogen-bond acceptors (Lipinski definition) is 5. The highest BCUT2D eigenvalue weighted by atomic mass is 16.6. The number of aliphatic carboxylic acids is 1. The Morgan fingerprint density at radius 3 is 2.25 bits per heavy atom. The van der Waals surface area contributed by atoms with Crippen molar-refractivity contribution in [2.24, 2.45) is 5.92 Å². The van der Waals surface area contributed by atoms with Crippen LogP contribution in [0.3, 0.4) is 0 Å². The van der Waals surface area contributed by atoms with E-state index in [2.05, 4.69) is 0 Å². The third-order valence-electron chi connectivity index (χ3n) is 4.90. The highest BCUT2D eigenvalue weighted by molar-refractivity contribution is 5.76. The largest absolute Gasteiger partial charge is 0.497 e. The van der Waals surface area contributed by atoms with Crippen LogP contribution in [0.5, 0.6) is 11.5 Å². The molecule has 1 saturated heterocycles. The van der Waals surface area contributed by atoms with E-state index in [1.165, 1.54) is 19.1 Å². The molecule has 0 radical (unpaired) electrons. The Morgan fingerprint density at radius 2 is 1.68 bits per heavy atom. The van der Waals surface area contributed by atoms with Crippen molar-refractivity contribution < 1.29 is 28.9 Å². The maximum Gasteiger partial charge on any atom is 0.410 e. The average molecular weight is 385 g/mol. The summed E-state index contributed by atoms with van der Waals surface area (Å²) in [5, 5.41) is 9.66. The highest BCUT2D eigenvalue weighted by Crippen LogP contribution is 2.37. The summed E-state index contributed by atoms with van der Waals surface area (Å²) in [6.45, 7) is 0.486. The molecule has 1 N–H and O–H groups in total. The number of ether oxygens (including phenoxy) is 3. The Kier molecular flexibility index (Phi) is 6.03. The van der Waals surface area contributed by atoms with Gasteiger partial charge in [0.05, 0.1) is 20.1 Å². The van der Waals surface area contributed by atoms with E-state index in [0.29, 0.717) is 11.5 Å². The molecule has 2 unspecified atom stereocenters. The van der Waals surface area contributed by atoms with Gasteiger partial charge in [0.2, 0.25) is 0 Å². The van der Waals surface area contributed by atoms with Crippen molar-refractivity contribution in [2.75, 3.05) is 27.3 Å². The number of carboxylic acids is 1. The van der Waals surface area contributed by atoms with E-state index in [-0.39, 0.29) is 25.6 Å². The Hall–Kier alpha value is -3.22. The maximum atomic E-state index is 12.5. The fraction of sp³-hybridized carbons (Fsp3) is 0.333. The lowest BCUT2D eigenvalue weighted by Gasteiger charge is -2.17. The van der Waals surface area contributed by atoms with E-state index < -0.39 is 18.0 Å². The minimum Gasteiger partial charge on any atom is -0.497 e.